The van der Waals surface area contributed by atoms with Crippen LogP contribution in [-0.4, -0.2) is 36.3 Å². The summed E-state index contributed by atoms with van der Waals surface area (Å²) in [6.45, 7) is 4.96. The van der Waals surface area contributed by atoms with Crippen LogP contribution in [0.4, 0.5) is 5.95 Å². The van der Waals surface area contributed by atoms with Crippen LogP contribution >= 0.6 is 0 Å². The molecule has 0 saturated carbocycles. The van der Waals surface area contributed by atoms with Crippen molar-refractivity contribution >= 4 is 5.95 Å². The molecule has 1 aliphatic heterocycles. The predicted octanol–water partition coefficient (Wildman–Crippen LogP) is 0.169. The van der Waals surface area contributed by atoms with Gasteiger partial charge >= 0.3 is 0 Å². The summed E-state index contributed by atoms with van der Waals surface area (Å²) in [5.41, 5.74) is 0.753. The zero-order valence-corrected chi connectivity index (χ0v) is 8.82. The Morgan fingerprint density at radius 3 is 2.93 bits per heavy atom. The number of H-pyrrole nitrogens is 1. The van der Waals surface area contributed by atoms with Crippen molar-refractivity contribution < 1.29 is 4.74 Å². The summed E-state index contributed by atoms with van der Waals surface area (Å²) in [7, 11) is 0. The fourth-order valence-electron chi connectivity index (χ4n) is 1.60. The molecule has 5 nitrogen and oxygen atoms in total. The van der Waals surface area contributed by atoms with E-state index in [2.05, 4.69) is 9.97 Å². The molecule has 82 valence electrons. The molecule has 0 unspecified atom stereocenters. The third-order valence-electron chi connectivity index (χ3n) is 2.46. The van der Waals surface area contributed by atoms with Crippen LogP contribution in [0.1, 0.15) is 12.6 Å². The predicted molar refractivity (Wildman–Crippen MR) is 57.3 cm³/mol. The lowest BCUT2D eigenvalue weighted by molar-refractivity contribution is 0.122. The van der Waals surface area contributed by atoms with Crippen LogP contribution in [0, 0.1) is 0 Å². The Labute approximate surface area is 88.1 Å². The number of aromatic nitrogens is 2. The summed E-state index contributed by atoms with van der Waals surface area (Å²) < 4.78 is 5.25. The van der Waals surface area contributed by atoms with Gasteiger partial charge in [-0.1, -0.05) is 6.92 Å². The second kappa shape index (κ2) is 4.44. The highest BCUT2D eigenvalue weighted by molar-refractivity contribution is 5.30. The molecule has 0 amide bonds. The van der Waals surface area contributed by atoms with Gasteiger partial charge in [-0.3, -0.25) is 9.78 Å². The molecule has 0 atom stereocenters. The zero-order chi connectivity index (χ0) is 10.7. The monoisotopic (exact) mass is 209 g/mol. The summed E-state index contributed by atoms with van der Waals surface area (Å²) in [5.74, 6) is 0.669. The van der Waals surface area contributed by atoms with Crippen molar-refractivity contribution in [2.75, 3.05) is 31.2 Å². The summed E-state index contributed by atoms with van der Waals surface area (Å²) in [6, 6.07) is 1.55. The second-order valence-corrected chi connectivity index (χ2v) is 3.51. The molecule has 1 aromatic heterocycles. The van der Waals surface area contributed by atoms with Gasteiger partial charge in [-0.2, -0.15) is 0 Å². The van der Waals surface area contributed by atoms with Crippen LogP contribution in [0.25, 0.3) is 0 Å². The molecule has 1 aromatic rings. The molecule has 1 aliphatic rings. The number of morpholine rings is 1. The van der Waals surface area contributed by atoms with Crippen molar-refractivity contribution in [3.63, 3.8) is 0 Å². The average Bonchev–Trinajstić information content (AvgIpc) is 2.29. The van der Waals surface area contributed by atoms with Crippen molar-refractivity contribution in [3.05, 3.63) is 22.1 Å². The number of anilines is 1. The molecule has 0 spiro atoms. The Balaban J connectivity index is 2.26. The molecule has 1 N–H and O–H groups in total. The standard InChI is InChI=1S/C10H15N3O2/c1-2-8-7-9(14)12-10(11-8)13-3-5-15-6-4-13/h7H,2-6H2,1H3,(H,11,12,14). The number of aryl methyl sites for hydroxylation is 1. The third kappa shape index (κ3) is 2.36. The highest BCUT2D eigenvalue weighted by Gasteiger charge is 2.13. The maximum Gasteiger partial charge on any atom is 0.252 e. The second-order valence-electron chi connectivity index (χ2n) is 3.51. The summed E-state index contributed by atoms with van der Waals surface area (Å²) in [5, 5.41) is 0. The Morgan fingerprint density at radius 1 is 1.53 bits per heavy atom. The first-order valence-corrected chi connectivity index (χ1v) is 5.22. The Hall–Kier alpha value is -1.36. The fraction of sp³-hybridized carbons (Fsp3) is 0.600. The van der Waals surface area contributed by atoms with Gasteiger partial charge in [-0.25, -0.2) is 4.98 Å². The van der Waals surface area contributed by atoms with E-state index in [-0.39, 0.29) is 5.56 Å². The number of nitrogens with zero attached hydrogens (tertiary/aromatic N) is 2. The first kappa shape index (κ1) is 10.2. The van der Waals surface area contributed by atoms with Crippen molar-refractivity contribution in [1.29, 1.82) is 0 Å². The van der Waals surface area contributed by atoms with Gasteiger partial charge in [0.05, 0.1) is 13.2 Å². The van der Waals surface area contributed by atoms with Gasteiger partial charge < -0.3 is 9.64 Å². The number of hydrogen-bond acceptors (Lipinski definition) is 4. The Kier molecular flexibility index (Phi) is 3.01. The van der Waals surface area contributed by atoms with E-state index < -0.39 is 0 Å². The van der Waals surface area contributed by atoms with Crippen molar-refractivity contribution in [3.8, 4) is 0 Å². The smallest absolute Gasteiger partial charge is 0.252 e. The Morgan fingerprint density at radius 2 is 2.27 bits per heavy atom. The van der Waals surface area contributed by atoms with Crippen molar-refractivity contribution in [2.24, 2.45) is 0 Å². The van der Waals surface area contributed by atoms with Gasteiger partial charge in [0.1, 0.15) is 0 Å². The largest absolute Gasteiger partial charge is 0.378 e. The number of aromatic amines is 1. The quantitative estimate of drug-likeness (QED) is 0.754. The minimum absolute atomic E-state index is 0.0802. The van der Waals surface area contributed by atoms with Gasteiger partial charge in [0.15, 0.2) is 0 Å². The molecule has 15 heavy (non-hydrogen) atoms. The highest BCUT2D eigenvalue weighted by Crippen LogP contribution is 2.08. The summed E-state index contributed by atoms with van der Waals surface area (Å²) >= 11 is 0. The van der Waals surface area contributed by atoms with Gasteiger partial charge in [0, 0.05) is 24.8 Å². The first-order chi connectivity index (χ1) is 7.29. The molecule has 0 aromatic carbocycles. The molecule has 0 radical (unpaired) electrons. The van der Waals surface area contributed by atoms with Crippen molar-refractivity contribution in [1.82, 2.24) is 9.97 Å². The lowest BCUT2D eigenvalue weighted by Gasteiger charge is -2.27. The molecular formula is C10H15N3O2. The number of rotatable bonds is 2. The van der Waals surface area contributed by atoms with Crippen LogP contribution in [0.3, 0.4) is 0 Å². The number of nitrogens with one attached hydrogen (secondary N) is 1. The molecule has 2 rings (SSSR count). The molecule has 1 fully saturated rings. The number of ether oxygens (including phenoxy) is 1. The van der Waals surface area contributed by atoms with E-state index in [0.29, 0.717) is 19.2 Å². The molecule has 2 heterocycles. The van der Waals surface area contributed by atoms with E-state index in [1.807, 2.05) is 11.8 Å². The summed E-state index contributed by atoms with van der Waals surface area (Å²) in [4.78, 5) is 20.6. The van der Waals surface area contributed by atoms with Gasteiger partial charge in [-0.15, -0.1) is 0 Å². The van der Waals surface area contributed by atoms with Gasteiger partial charge in [-0.05, 0) is 6.42 Å². The molecule has 0 aliphatic carbocycles. The summed E-state index contributed by atoms with van der Waals surface area (Å²) in [6.07, 6.45) is 0.779. The molecule has 0 bridgehead atoms. The lowest BCUT2D eigenvalue weighted by Crippen LogP contribution is -2.38. The van der Waals surface area contributed by atoms with Gasteiger partial charge in [0.25, 0.3) is 5.56 Å². The van der Waals surface area contributed by atoms with Crippen LogP contribution in [-0.2, 0) is 11.2 Å². The van der Waals surface area contributed by atoms with Gasteiger partial charge in [0.2, 0.25) is 5.95 Å². The molecule has 1 saturated heterocycles. The number of hydrogen-bond donors (Lipinski definition) is 1. The minimum atomic E-state index is -0.0802. The van der Waals surface area contributed by atoms with E-state index in [1.54, 1.807) is 6.07 Å². The van der Waals surface area contributed by atoms with Crippen molar-refractivity contribution in [2.45, 2.75) is 13.3 Å². The fourth-order valence-corrected chi connectivity index (χ4v) is 1.60. The van der Waals surface area contributed by atoms with Crippen LogP contribution in [0.2, 0.25) is 0 Å². The van der Waals surface area contributed by atoms with Crippen LogP contribution < -0.4 is 10.5 Å². The van der Waals surface area contributed by atoms with Crippen LogP contribution in [0.15, 0.2) is 10.9 Å². The van der Waals surface area contributed by atoms with E-state index in [4.69, 9.17) is 4.74 Å². The van der Waals surface area contributed by atoms with E-state index >= 15 is 0 Å². The third-order valence-corrected chi connectivity index (χ3v) is 2.46. The van der Waals surface area contributed by atoms with Crippen LogP contribution in [0.5, 0.6) is 0 Å². The topological polar surface area (TPSA) is 58.2 Å². The maximum atomic E-state index is 11.4. The Bertz CT molecular complexity index is 382. The van der Waals surface area contributed by atoms with E-state index in [0.717, 1.165) is 25.2 Å². The van der Waals surface area contributed by atoms with E-state index in [1.165, 1.54) is 0 Å². The zero-order valence-electron chi connectivity index (χ0n) is 8.82. The first-order valence-electron chi connectivity index (χ1n) is 5.22. The maximum absolute atomic E-state index is 11.4. The lowest BCUT2D eigenvalue weighted by atomic mass is 10.3. The normalized spacial score (nSPS) is 16.7. The molecular weight excluding hydrogens is 194 g/mol. The average molecular weight is 209 g/mol. The SMILES string of the molecule is CCc1cc(=O)[nH]c(N2CCOCC2)n1. The minimum Gasteiger partial charge on any atom is -0.378 e. The molecule has 5 heteroatoms. The van der Waals surface area contributed by atoms with E-state index in [9.17, 15) is 4.79 Å². The highest BCUT2D eigenvalue weighted by atomic mass is 16.5.